The molecular weight excluding hydrogens is 364 g/mol. The van der Waals surface area contributed by atoms with Crippen molar-refractivity contribution in [1.82, 2.24) is 9.55 Å². The van der Waals surface area contributed by atoms with E-state index in [1.807, 2.05) is 12.3 Å². The molecule has 0 aliphatic heterocycles. The zero-order valence-corrected chi connectivity index (χ0v) is 16.4. The van der Waals surface area contributed by atoms with E-state index in [4.69, 9.17) is 0 Å². The lowest BCUT2D eigenvalue weighted by Crippen LogP contribution is -1.97. The number of pyridine rings is 1. The average Bonchev–Trinajstić information content (AvgIpc) is 2.93. The van der Waals surface area contributed by atoms with Crippen LogP contribution in [-0.2, 0) is 6.54 Å². The van der Waals surface area contributed by atoms with Gasteiger partial charge in [0.05, 0.1) is 0 Å². The molecule has 0 fully saturated rings. The molecule has 0 saturated heterocycles. The number of unbranched alkanes of at least 4 members (excludes halogenated alkanes) is 9. The average molecular weight is 393 g/mol. The van der Waals surface area contributed by atoms with Gasteiger partial charge in [-0.25, -0.2) is 4.98 Å². The van der Waals surface area contributed by atoms with Gasteiger partial charge in [-0.05, 0) is 28.4 Å². The quantitative estimate of drug-likeness (QED) is 0.303. The Morgan fingerprint density at radius 3 is 2.29 bits per heavy atom. The fourth-order valence-corrected chi connectivity index (χ4v) is 3.54. The Morgan fingerprint density at radius 2 is 1.67 bits per heavy atom. The van der Waals surface area contributed by atoms with Crippen molar-refractivity contribution in [2.24, 2.45) is 0 Å². The number of aldehydes is 1. The summed E-state index contributed by atoms with van der Waals surface area (Å²) in [6.07, 6.45) is 18.0. The predicted molar refractivity (Wildman–Crippen MR) is 105 cm³/mol. The Hall–Kier alpha value is -1.16. The van der Waals surface area contributed by atoms with E-state index in [0.717, 1.165) is 40.3 Å². The summed E-state index contributed by atoms with van der Waals surface area (Å²) in [6.45, 7) is 3.20. The van der Waals surface area contributed by atoms with Crippen LogP contribution in [0.2, 0.25) is 0 Å². The van der Waals surface area contributed by atoms with E-state index < -0.39 is 0 Å². The minimum Gasteiger partial charge on any atom is -0.332 e. The van der Waals surface area contributed by atoms with Gasteiger partial charge in [-0.2, -0.15) is 0 Å². The molecule has 2 heterocycles. The molecule has 2 rings (SSSR count). The SMILES string of the molecule is CCCCCCCCCCCCn1cc(C=O)c2cc(Br)cnc21. The van der Waals surface area contributed by atoms with Crippen LogP contribution in [0.5, 0.6) is 0 Å². The van der Waals surface area contributed by atoms with Gasteiger partial charge in [0.15, 0.2) is 6.29 Å². The van der Waals surface area contributed by atoms with E-state index in [1.165, 1.54) is 57.8 Å². The van der Waals surface area contributed by atoms with Gasteiger partial charge < -0.3 is 4.57 Å². The molecule has 0 N–H and O–H groups in total. The predicted octanol–water partition coefficient (Wildman–Crippen LogP) is 6.53. The van der Waals surface area contributed by atoms with E-state index >= 15 is 0 Å². The zero-order valence-electron chi connectivity index (χ0n) is 14.8. The van der Waals surface area contributed by atoms with Gasteiger partial charge in [0.25, 0.3) is 0 Å². The number of halogens is 1. The topological polar surface area (TPSA) is 34.9 Å². The number of aromatic nitrogens is 2. The van der Waals surface area contributed by atoms with Gasteiger partial charge in [-0.3, -0.25) is 4.79 Å². The van der Waals surface area contributed by atoms with Crippen molar-refractivity contribution in [1.29, 1.82) is 0 Å². The summed E-state index contributed by atoms with van der Waals surface area (Å²) in [6, 6.07) is 1.97. The highest BCUT2D eigenvalue weighted by molar-refractivity contribution is 9.10. The largest absolute Gasteiger partial charge is 0.332 e. The lowest BCUT2D eigenvalue weighted by atomic mass is 10.1. The van der Waals surface area contributed by atoms with E-state index in [1.54, 1.807) is 6.20 Å². The minimum absolute atomic E-state index is 0.728. The van der Waals surface area contributed by atoms with Crippen LogP contribution in [0.3, 0.4) is 0 Å². The van der Waals surface area contributed by atoms with Crippen LogP contribution in [0.25, 0.3) is 11.0 Å². The van der Waals surface area contributed by atoms with E-state index in [2.05, 4.69) is 32.4 Å². The molecule has 0 amide bonds. The van der Waals surface area contributed by atoms with Crippen LogP contribution in [0.15, 0.2) is 22.9 Å². The van der Waals surface area contributed by atoms with Crippen molar-refractivity contribution < 1.29 is 4.79 Å². The molecule has 0 unspecified atom stereocenters. The zero-order chi connectivity index (χ0) is 17.2. The van der Waals surface area contributed by atoms with Crippen molar-refractivity contribution in [3.05, 3.63) is 28.5 Å². The van der Waals surface area contributed by atoms with Gasteiger partial charge in [0.2, 0.25) is 0 Å². The molecule has 0 saturated carbocycles. The number of hydrogen-bond donors (Lipinski definition) is 0. The standard InChI is InChI=1S/C20H29BrN2O/c1-2-3-4-5-6-7-8-9-10-11-12-23-15-17(16-24)19-13-18(21)14-22-20(19)23/h13-16H,2-12H2,1H3. The number of rotatable bonds is 12. The molecule has 24 heavy (non-hydrogen) atoms. The second kappa shape index (κ2) is 10.7. The van der Waals surface area contributed by atoms with Crippen molar-refractivity contribution in [2.45, 2.75) is 77.7 Å². The molecular formula is C20H29BrN2O. The van der Waals surface area contributed by atoms with Crippen LogP contribution >= 0.6 is 15.9 Å². The molecule has 132 valence electrons. The van der Waals surface area contributed by atoms with Gasteiger partial charge >= 0.3 is 0 Å². The Kier molecular flexibility index (Phi) is 8.51. The number of hydrogen-bond acceptors (Lipinski definition) is 2. The third kappa shape index (κ3) is 5.73. The number of fused-ring (bicyclic) bond motifs is 1. The van der Waals surface area contributed by atoms with Crippen LogP contribution in [0, 0.1) is 0 Å². The molecule has 4 heteroatoms. The Balaban J connectivity index is 1.69. The lowest BCUT2D eigenvalue weighted by Gasteiger charge is -2.05. The second-order valence-corrected chi connectivity index (χ2v) is 7.52. The highest BCUT2D eigenvalue weighted by Gasteiger charge is 2.09. The Bertz CT molecular complexity index is 636. The molecule has 0 bridgehead atoms. The first-order chi connectivity index (χ1) is 11.8. The smallest absolute Gasteiger partial charge is 0.152 e. The van der Waals surface area contributed by atoms with E-state index in [0.29, 0.717) is 0 Å². The molecule has 0 aromatic carbocycles. The molecule has 0 aliphatic rings. The van der Waals surface area contributed by atoms with Gasteiger partial charge in [0, 0.05) is 34.4 Å². The lowest BCUT2D eigenvalue weighted by molar-refractivity contribution is 0.112. The molecule has 3 nitrogen and oxygen atoms in total. The third-order valence-corrected chi connectivity index (χ3v) is 5.02. The van der Waals surface area contributed by atoms with Crippen LogP contribution in [-0.4, -0.2) is 15.8 Å². The van der Waals surface area contributed by atoms with E-state index in [-0.39, 0.29) is 0 Å². The molecule has 2 aromatic rings. The first-order valence-electron chi connectivity index (χ1n) is 9.36. The fourth-order valence-electron chi connectivity index (χ4n) is 3.21. The van der Waals surface area contributed by atoms with Crippen LogP contribution < -0.4 is 0 Å². The highest BCUT2D eigenvalue weighted by atomic mass is 79.9. The molecule has 0 radical (unpaired) electrons. The van der Waals surface area contributed by atoms with Crippen molar-refractivity contribution in [3.8, 4) is 0 Å². The molecule has 0 atom stereocenters. The summed E-state index contributed by atoms with van der Waals surface area (Å²) in [7, 11) is 0. The van der Waals surface area contributed by atoms with Gasteiger partial charge in [-0.1, -0.05) is 64.7 Å². The first kappa shape index (κ1) is 19.2. The summed E-state index contributed by atoms with van der Waals surface area (Å²) < 4.78 is 3.03. The van der Waals surface area contributed by atoms with Gasteiger partial charge in [-0.15, -0.1) is 0 Å². The summed E-state index contributed by atoms with van der Waals surface area (Å²) >= 11 is 3.42. The van der Waals surface area contributed by atoms with E-state index in [9.17, 15) is 4.79 Å². The summed E-state index contributed by atoms with van der Waals surface area (Å²) in [5.41, 5.74) is 1.64. The monoisotopic (exact) mass is 392 g/mol. The third-order valence-electron chi connectivity index (χ3n) is 4.59. The van der Waals surface area contributed by atoms with Crippen molar-refractivity contribution in [2.75, 3.05) is 0 Å². The molecule has 0 spiro atoms. The number of carbonyl (C=O) groups excluding carboxylic acids is 1. The summed E-state index contributed by atoms with van der Waals surface area (Å²) in [5, 5.41) is 0.937. The number of aryl methyl sites for hydroxylation is 1. The Morgan fingerprint density at radius 1 is 1.04 bits per heavy atom. The normalized spacial score (nSPS) is 11.2. The summed E-state index contributed by atoms with van der Waals surface area (Å²) in [5.74, 6) is 0. The van der Waals surface area contributed by atoms with Crippen molar-refractivity contribution >= 4 is 33.2 Å². The first-order valence-corrected chi connectivity index (χ1v) is 10.1. The maximum atomic E-state index is 11.2. The second-order valence-electron chi connectivity index (χ2n) is 6.60. The highest BCUT2D eigenvalue weighted by Crippen LogP contribution is 2.22. The molecule has 0 aliphatic carbocycles. The maximum Gasteiger partial charge on any atom is 0.152 e. The fraction of sp³-hybridized carbons (Fsp3) is 0.600. The molecule has 2 aromatic heterocycles. The van der Waals surface area contributed by atoms with Gasteiger partial charge in [0.1, 0.15) is 5.65 Å². The summed E-state index contributed by atoms with van der Waals surface area (Å²) in [4.78, 5) is 15.7. The van der Waals surface area contributed by atoms with Crippen LogP contribution in [0.1, 0.15) is 81.5 Å². The Labute approximate surface area is 154 Å². The maximum absolute atomic E-state index is 11.2. The minimum atomic E-state index is 0.728. The van der Waals surface area contributed by atoms with Crippen molar-refractivity contribution in [3.63, 3.8) is 0 Å². The number of nitrogens with zero attached hydrogens (tertiary/aromatic N) is 2. The number of carbonyl (C=O) groups is 1. The van der Waals surface area contributed by atoms with Crippen LogP contribution in [0.4, 0.5) is 0 Å².